The molecule has 0 unspecified atom stereocenters. The van der Waals surface area contributed by atoms with Crippen LogP contribution < -0.4 is 27.6 Å². The van der Waals surface area contributed by atoms with Crippen molar-refractivity contribution in [1.82, 2.24) is 0 Å². The van der Waals surface area contributed by atoms with Gasteiger partial charge in [-0.3, -0.25) is 0 Å². The zero-order valence-corrected chi connectivity index (χ0v) is 45.2. The molecule has 0 saturated heterocycles. The summed E-state index contributed by atoms with van der Waals surface area (Å²) in [5.74, 6) is 3.63. The molecule has 1 aromatic heterocycles. The van der Waals surface area contributed by atoms with Gasteiger partial charge >= 0.3 is 16.8 Å². The van der Waals surface area contributed by atoms with E-state index < -0.39 is 27.7 Å². The zero-order valence-electron chi connectivity index (χ0n) is 43.4. The molecular weight excluding hydrogens is 887 g/mol. The molecule has 0 atom stereocenters. The van der Waals surface area contributed by atoms with E-state index in [0.29, 0.717) is 45.6 Å². The number of hydrogen-bond acceptors (Lipinski definition) is 8. The first-order valence-electron chi connectivity index (χ1n) is 23.3. The third-order valence-electron chi connectivity index (χ3n) is 11.9. The van der Waals surface area contributed by atoms with Gasteiger partial charge in [0.2, 0.25) is 0 Å². The Morgan fingerprint density at radius 2 is 0.809 bits per heavy atom. The van der Waals surface area contributed by atoms with Crippen LogP contribution in [0.25, 0.3) is 33.1 Å². The van der Waals surface area contributed by atoms with Gasteiger partial charge in [-0.25, -0.2) is 0 Å². The number of rotatable bonds is 11. The molecule has 0 aliphatic rings. The van der Waals surface area contributed by atoms with Gasteiger partial charge in [-0.15, -0.1) is 0 Å². The number of benzene rings is 6. The molecule has 0 amide bonds. The highest BCUT2D eigenvalue weighted by molar-refractivity contribution is 7.43. The predicted molar refractivity (Wildman–Crippen MR) is 283 cm³/mol. The molecule has 0 aliphatic carbocycles. The van der Waals surface area contributed by atoms with Gasteiger partial charge in [0.15, 0.2) is 0 Å². The second-order valence-corrected chi connectivity index (χ2v) is 24.1. The molecule has 0 N–H and O–H groups in total. The van der Waals surface area contributed by atoms with Crippen LogP contribution >= 0.6 is 16.8 Å². The first-order chi connectivity index (χ1) is 31.7. The summed E-state index contributed by atoms with van der Waals surface area (Å²) in [6.07, 6.45) is 0. The maximum Gasteiger partial charge on any atom is 0.530 e. The molecule has 6 aromatic carbocycles. The molecule has 8 nitrogen and oxygen atoms in total. The molecular formula is C58H70O8P2. The molecule has 10 heteroatoms. The van der Waals surface area contributed by atoms with Gasteiger partial charge in [-0.05, 0) is 132 Å². The third kappa shape index (κ3) is 11.1. The van der Waals surface area contributed by atoms with Crippen molar-refractivity contribution in [2.75, 3.05) is 14.2 Å². The largest absolute Gasteiger partial charge is 0.530 e. The van der Waals surface area contributed by atoms with Crippen LogP contribution in [0.2, 0.25) is 0 Å². The molecule has 0 spiro atoms. The summed E-state index contributed by atoms with van der Waals surface area (Å²) in [5.41, 5.74) is 9.69. The molecule has 360 valence electrons. The molecule has 7 rings (SSSR count). The highest BCUT2D eigenvalue weighted by Crippen LogP contribution is 2.55. The molecule has 0 bridgehead atoms. The fourth-order valence-electron chi connectivity index (χ4n) is 8.34. The average Bonchev–Trinajstić information content (AvgIpc) is 3.37. The van der Waals surface area contributed by atoms with Crippen molar-refractivity contribution < 1.29 is 36.0 Å². The van der Waals surface area contributed by atoms with E-state index in [2.05, 4.69) is 121 Å². The molecule has 68 heavy (non-hydrogen) atoms. The molecule has 1 heterocycles. The van der Waals surface area contributed by atoms with Crippen LogP contribution in [-0.4, -0.2) is 14.2 Å². The Morgan fingerprint density at radius 1 is 0.412 bits per heavy atom. The van der Waals surface area contributed by atoms with E-state index in [-0.39, 0.29) is 10.8 Å². The Morgan fingerprint density at radius 3 is 1.19 bits per heavy atom. The fourth-order valence-corrected chi connectivity index (χ4v) is 10.5. The van der Waals surface area contributed by atoms with Gasteiger partial charge in [-0.1, -0.05) is 119 Å². The number of hydrogen-bond donors (Lipinski definition) is 0. The summed E-state index contributed by atoms with van der Waals surface area (Å²) >= 11 is 0. The van der Waals surface area contributed by atoms with Crippen molar-refractivity contribution >= 4 is 38.8 Å². The Bertz CT molecular complexity index is 2900. The molecule has 7 aromatic rings. The predicted octanol–water partition coefficient (Wildman–Crippen LogP) is 18.0. The van der Waals surface area contributed by atoms with Crippen LogP contribution in [0.5, 0.6) is 34.5 Å². The lowest BCUT2D eigenvalue weighted by Crippen LogP contribution is -2.16. The summed E-state index contributed by atoms with van der Waals surface area (Å²) in [7, 11) is -0.936. The van der Waals surface area contributed by atoms with Gasteiger partial charge in [0.05, 0.1) is 14.2 Å². The summed E-state index contributed by atoms with van der Waals surface area (Å²) in [5, 5.41) is 1.96. The van der Waals surface area contributed by atoms with E-state index in [1.807, 2.05) is 86.6 Å². The highest BCUT2D eigenvalue weighted by Gasteiger charge is 2.34. The van der Waals surface area contributed by atoms with Gasteiger partial charge in [-0.2, -0.15) is 0 Å². The zero-order chi connectivity index (χ0) is 49.7. The number of aryl methyl sites for hydroxylation is 4. The smallest absolute Gasteiger partial charge is 0.497 e. The van der Waals surface area contributed by atoms with Crippen molar-refractivity contribution in [3.05, 3.63) is 142 Å². The first kappa shape index (κ1) is 50.3. The summed E-state index contributed by atoms with van der Waals surface area (Å²) < 4.78 is 54.8. The molecule has 0 saturated carbocycles. The number of ether oxygens (including phenoxy) is 2. The highest BCUT2D eigenvalue weighted by atomic mass is 31.2. The van der Waals surface area contributed by atoms with Gasteiger partial charge in [0, 0.05) is 44.2 Å². The summed E-state index contributed by atoms with van der Waals surface area (Å²) in [6, 6.07) is 32.7. The van der Waals surface area contributed by atoms with Crippen LogP contribution in [0.1, 0.15) is 128 Å². The minimum absolute atomic E-state index is 0.268. The van der Waals surface area contributed by atoms with Gasteiger partial charge in [0.25, 0.3) is 0 Å². The topological polar surface area (TPSA) is 81.7 Å². The van der Waals surface area contributed by atoms with E-state index in [9.17, 15) is 0 Å². The van der Waals surface area contributed by atoms with E-state index in [0.717, 1.165) is 66.4 Å². The lowest BCUT2D eigenvalue weighted by molar-refractivity contribution is 0.380. The molecule has 0 aliphatic heterocycles. The SMILES string of the molecule is COc1cc(-c2cc(OC)cc(C(C)(C)C)c2Op2oc3c(C(C)(C)C)cc(C)cc3c3cc(C)cc(C(C)(C)C)c3o2)c(OP(Oc2cccc(C)c2)Oc2cccc(C)c2)c(C(C)(C)C)c1. The van der Waals surface area contributed by atoms with Crippen LogP contribution in [0.4, 0.5) is 0 Å². The fraction of sp³-hybridized carbons (Fsp3) is 0.379. The lowest BCUT2D eigenvalue weighted by atomic mass is 9.81. The van der Waals surface area contributed by atoms with Crippen molar-refractivity contribution in [2.45, 2.75) is 132 Å². The monoisotopic (exact) mass is 956 g/mol. The van der Waals surface area contributed by atoms with E-state index in [4.69, 9.17) is 36.0 Å². The van der Waals surface area contributed by atoms with Crippen LogP contribution in [0.15, 0.2) is 105 Å². The van der Waals surface area contributed by atoms with Gasteiger partial charge < -0.3 is 36.0 Å². The van der Waals surface area contributed by atoms with Crippen molar-refractivity contribution in [1.29, 1.82) is 0 Å². The van der Waals surface area contributed by atoms with Crippen LogP contribution in [0.3, 0.4) is 0 Å². The number of fused-ring (bicyclic) bond motifs is 3. The Labute approximate surface area is 406 Å². The Hall–Kier alpha value is -5.55. The Balaban J connectivity index is 1.58. The normalized spacial score (nSPS) is 12.4. The van der Waals surface area contributed by atoms with Gasteiger partial charge in [0.1, 0.15) is 45.7 Å². The molecule has 0 radical (unpaired) electrons. The lowest BCUT2D eigenvalue weighted by Gasteiger charge is -2.29. The van der Waals surface area contributed by atoms with E-state index in [1.165, 1.54) is 0 Å². The minimum Gasteiger partial charge on any atom is -0.497 e. The standard InChI is InChI=1S/C58H70O8P2/c1-35-21-19-23-39(25-35)61-67(62-40-24-20-22-36(2)26-40)63-53-45(31-41(59-17)33-49(53)57(11,12)13)46-32-42(60-18)34-50(58(14,15)16)54(46)66-68-64-51-43(27-37(3)29-47(51)55(5,6)7)44-28-38(4)30-48(52(44)65-68)56(8,9)10/h19-34H,1-18H3. The van der Waals surface area contributed by atoms with E-state index in [1.54, 1.807) is 14.2 Å². The van der Waals surface area contributed by atoms with Crippen molar-refractivity contribution in [3.8, 4) is 45.6 Å². The van der Waals surface area contributed by atoms with Crippen LogP contribution in [0, 0.1) is 27.7 Å². The Kier molecular flexibility index (Phi) is 14.1. The maximum atomic E-state index is 7.48. The summed E-state index contributed by atoms with van der Waals surface area (Å²) in [4.78, 5) is 0. The minimum atomic E-state index is -2.18. The summed E-state index contributed by atoms with van der Waals surface area (Å²) in [6.45, 7) is 34.6. The van der Waals surface area contributed by atoms with Crippen molar-refractivity contribution in [3.63, 3.8) is 0 Å². The second-order valence-electron chi connectivity index (χ2n) is 22.1. The first-order valence-corrected chi connectivity index (χ1v) is 25.5. The maximum absolute atomic E-state index is 7.48. The van der Waals surface area contributed by atoms with Crippen LogP contribution in [-0.2, 0) is 21.7 Å². The van der Waals surface area contributed by atoms with Crippen molar-refractivity contribution in [2.24, 2.45) is 0 Å². The second kappa shape index (κ2) is 19.1. The average molecular weight is 957 g/mol. The quantitative estimate of drug-likeness (QED) is 0.119. The number of methoxy groups -OCH3 is 2. The molecule has 0 fully saturated rings. The third-order valence-corrected chi connectivity index (χ3v) is 13.9. The van der Waals surface area contributed by atoms with E-state index >= 15 is 0 Å².